The van der Waals surface area contributed by atoms with Gasteiger partial charge in [-0.2, -0.15) is 0 Å². The maximum absolute atomic E-state index is 4.90. The van der Waals surface area contributed by atoms with Crippen molar-refractivity contribution >= 4 is 43.3 Å². The first-order chi connectivity index (χ1) is 10.7. The zero-order valence-electron chi connectivity index (χ0n) is 11.6. The molecular formula is C19H11Br2N. The van der Waals surface area contributed by atoms with Crippen molar-refractivity contribution < 1.29 is 0 Å². The van der Waals surface area contributed by atoms with Crippen molar-refractivity contribution in [2.45, 2.75) is 0 Å². The summed E-state index contributed by atoms with van der Waals surface area (Å²) in [5, 5.41) is 0. The van der Waals surface area contributed by atoms with Crippen molar-refractivity contribution in [2.75, 3.05) is 0 Å². The second kappa shape index (κ2) is 5.49. The minimum absolute atomic E-state index is 0.969. The number of para-hydroxylation sites is 1. The molecule has 3 heteroatoms. The maximum Gasteiger partial charge on any atom is 0.0794 e. The smallest absolute Gasteiger partial charge is 0.0794 e. The summed E-state index contributed by atoms with van der Waals surface area (Å²) < 4.78 is 2.14. The fraction of sp³-hybridized carbons (Fsp3) is 0. The zero-order valence-corrected chi connectivity index (χ0v) is 14.7. The molecule has 0 saturated heterocycles. The van der Waals surface area contributed by atoms with Crippen LogP contribution in [0.1, 0.15) is 11.1 Å². The molecule has 0 heterocycles. The summed E-state index contributed by atoms with van der Waals surface area (Å²) in [6, 6.07) is 22.8. The molecule has 0 fully saturated rings. The Morgan fingerprint density at radius 1 is 0.591 bits per heavy atom. The molecule has 0 aliphatic heterocycles. The van der Waals surface area contributed by atoms with E-state index in [0.717, 1.165) is 20.3 Å². The van der Waals surface area contributed by atoms with Gasteiger partial charge in [0.05, 0.1) is 11.4 Å². The van der Waals surface area contributed by atoms with Crippen LogP contribution in [0.5, 0.6) is 0 Å². The van der Waals surface area contributed by atoms with Crippen molar-refractivity contribution in [1.29, 1.82) is 0 Å². The Labute approximate surface area is 146 Å². The number of hydrogen-bond acceptors (Lipinski definition) is 1. The average molecular weight is 413 g/mol. The van der Waals surface area contributed by atoms with Crippen LogP contribution in [0.3, 0.4) is 0 Å². The highest BCUT2D eigenvalue weighted by molar-refractivity contribution is 9.10. The Morgan fingerprint density at radius 3 is 1.68 bits per heavy atom. The minimum Gasteiger partial charge on any atom is -0.248 e. The molecule has 3 aromatic rings. The number of benzene rings is 3. The Morgan fingerprint density at radius 2 is 1.14 bits per heavy atom. The van der Waals surface area contributed by atoms with Crippen molar-refractivity contribution in [3.63, 3.8) is 0 Å². The number of hydrogen-bond donors (Lipinski definition) is 0. The summed E-state index contributed by atoms with van der Waals surface area (Å²) in [5.41, 5.74) is 6.81. The summed E-state index contributed by atoms with van der Waals surface area (Å²) in [4.78, 5) is 4.90. The molecule has 0 radical (unpaired) electrons. The lowest BCUT2D eigenvalue weighted by Gasteiger charge is -2.03. The van der Waals surface area contributed by atoms with Crippen molar-refractivity contribution in [1.82, 2.24) is 0 Å². The standard InChI is InChI=1S/C19H11Br2N/c20-12-6-8-15-16-9-7-13(21)11-18(16)19(17(15)10-12)22-14-4-2-1-3-5-14/h1-11H. The molecule has 1 aliphatic rings. The lowest BCUT2D eigenvalue weighted by Crippen LogP contribution is -1.97. The quantitative estimate of drug-likeness (QED) is 0.344. The van der Waals surface area contributed by atoms with E-state index in [1.807, 2.05) is 30.3 Å². The van der Waals surface area contributed by atoms with E-state index in [1.54, 1.807) is 0 Å². The second-order valence-electron chi connectivity index (χ2n) is 5.18. The highest BCUT2D eigenvalue weighted by Crippen LogP contribution is 2.40. The highest BCUT2D eigenvalue weighted by atomic mass is 79.9. The Kier molecular flexibility index (Phi) is 3.47. The molecule has 0 aromatic heterocycles. The minimum atomic E-state index is 0.969. The summed E-state index contributed by atoms with van der Waals surface area (Å²) in [7, 11) is 0. The van der Waals surface area contributed by atoms with Crippen LogP contribution in [0.2, 0.25) is 0 Å². The first-order valence-corrected chi connectivity index (χ1v) is 8.55. The second-order valence-corrected chi connectivity index (χ2v) is 7.01. The van der Waals surface area contributed by atoms with Crippen LogP contribution in [-0.4, -0.2) is 5.71 Å². The molecule has 0 atom stereocenters. The first-order valence-electron chi connectivity index (χ1n) is 6.96. The summed E-state index contributed by atoms with van der Waals surface area (Å²) in [6.07, 6.45) is 0. The van der Waals surface area contributed by atoms with Gasteiger partial charge in [0.15, 0.2) is 0 Å². The Bertz CT molecular complexity index is 845. The SMILES string of the molecule is Brc1ccc2c(c1)C(=Nc1ccccc1)c1cc(Br)ccc1-2. The lowest BCUT2D eigenvalue weighted by molar-refractivity contribution is 1.50. The fourth-order valence-corrected chi connectivity index (χ4v) is 3.51. The molecule has 0 spiro atoms. The third-order valence-corrected chi connectivity index (χ3v) is 4.75. The molecule has 0 N–H and O–H groups in total. The van der Waals surface area contributed by atoms with Crippen LogP contribution >= 0.6 is 31.9 Å². The molecule has 0 saturated carbocycles. The molecule has 1 aliphatic carbocycles. The van der Waals surface area contributed by atoms with Gasteiger partial charge in [0, 0.05) is 20.1 Å². The van der Waals surface area contributed by atoms with E-state index in [2.05, 4.69) is 68.3 Å². The molecule has 0 bridgehead atoms. The molecule has 1 nitrogen and oxygen atoms in total. The number of rotatable bonds is 1. The predicted octanol–water partition coefficient (Wildman–Crippen LogP) is 6.36. The molecule has 0 unspecified atom stereocenters. The third kappa shape index (κ3) is 2.34. The summed E-state index contributed by atoms with van der Waals surface area (Å²) in [5.74, 6) is 0. The summed E-state index contributed by atoms with van der Waals surface area (Å²) >= 11 is 7.15. The van der Waals surface area contributed by atoms with Gasteiger partial charge in [0.2, 0.25) is 0 Å². The van der Waals surface area contributed by atoms with Gasteiger partial charge in [-0.1, -0.05) is 62.2 Å². The van der Waals surface area contributed by atoms with E-state index in [-0.39, 0.29) is 0 Å². The normalized spacial score (nSPS) is 12.0. The monoisotopic (exact) mass is 411 g/mol. The molecule has 4 rings (SSSR count). The highest BCUT2D eigenvalue weighted by Gasteiger charge is 2.25. The van der Waals surface area contributed by atoms with E-state index < -0.39 is 0 Å². The molecule has 0 amide bonds. The van der Waals surface area contributed by atoms with E-state index in [9.17, 15) is 0 Å². The van der Waals surface area contributed by atoms with Crippen molar-refractivity contribution in [3.8, 4) is 11.1 Å². The van der Waals surface area contributed by atoms with E-state index in [4.69, 9.17) is 4.99 Å². The van der Waals surface area contributed by atoms with Gasteiger partial charge in [-0.3, -0.25) is 0 Å². The van der Waals surface area contributed by atoms with Gasteiger partial charge in [-0.15, -0.1) is 0 Å². The molecule has 106 valence electrons. The van der Waals surface area contributed by atoms with Crippen LogP contribution in [0.25, 0.3) is 11.1 Å². The fourth-order valence-electron chi connectivity index (χ4n) is 2.79. The average Bonchev–Trinajstić information content (AvgIpc) is 2.81. The molecular weight excluding hydrogens is 402 g/mol. The molecule has 22 heavy (non-hydrogen) atoms. The van der Waals surface area contributed by atoms with Crippen LogP contribution in [0.4, 0.5) is 5.69 Å². The van der Waals surface area contributed by atoms with Gasteiger partial charge in [0.25, 0.3) is 0 Å². The van der Waals surface area contributed by atoms with Crippen molar-refractivity contribution in [3.05, 3.63) is 86.8 Å². The number of nitrogens with zero attached hydrogens (tertiary/aromatic N) is 1. The van der Waals surface area contributed by atoms with Gasteiger partial charge in [-0.05, 0) is 47.5 Å². The van der Waals surface area contributed by atoms with Gasteiger partial charge < -0.3 is 0 Å². The van der Waals surface area contributed by atoms with Crippen molar-refractivity contribution in [2.24, 2.45) is 4.99 Å². The number of aliphatic imine (C=N–C) groups is 1. The summed E-state index contributed by atoms with van der Waals surface area (Å²) in [6.45, 7) is 0. The number of halogens is 2. The zero-order chi connectivity index (χ0) is 15.1. The predicted molar refractivity (Wildman–Crippen MR) is 99.0 cm³/mol. The van der Waals surface area contributed by atoms with Crippen LogP contribution in [-0.2, 0) is 0 Å². The Hall–Kier alpha value is -1.71. The van der Waals surface area contributed by atoms with Crippen LogP contribution < -0.4 is 0 Å². The number of fused-ring (bicyclic) bond motifs is 3. The van der Waals surface area contributed by atoms with Gasteiger partial charge in [0.1, 0.15) is 0 Å². The van der Waals surface area contributed by atoms with Gasteiger partial charge in [-0.25, -0.2) is 4.99 Å². The third-order valence-electron chi connectivity index (χ3n) is 3.76. The van der Waals surface area contributed by atoms with Gasteiger partial charge >= 0.3 is 0 Å². The molecule has 3 aromatic carbocycles. The van der Waals surface area contributed by atoms with E-state index in [0.29, 0.717) is 0 Å². The van der Waals surface area contributed by atoms with E-state index >= 15 is 0 Å². The topological polar surface area (TPSA) is 12.4 Å². The Balaban J connectivity index is 2.00. The van der Waals surface area contributed by atoms with Crippen LogP contribution in [0.15, 0.2) is 80.7 Å². The largest absolute Gasteiger partial charge is 0.248 e. The lowest BCUT2D eigenvalue weighted by atomic mass is 10.1. The van der Waals surface area contributed by atoms with E-state index in [1.165, 1.54) is 22.3 Å². The van der Waals surface area contributed by atoms with Crippen LogP contribution in [0, 0.1) is 0 Å². The first kappa shape index (κ1) is 13.9. The maximum atomic E-state index is 4.90.